The molecule has 0 bridgehead atoms. The molecule has 2 aromatic carbocycles. The van der Waals surface area contributed by atoms with Gasteiger partial charge in [0.05, 0.1) is 22.0 Å². The number of urea groups is 1. The Bertz CT molecular complexity index is 1090. The Hall–Kier alpha value is -2.95. The Morgan fingerprint density at radius 1 is 1.06 bits per heavy atom. The summed E-state index contributed by atoms with van der Waals surface area (Å²) in [6, 6.07) is 3.99. The number of halogens is 4. The number of carbonyl (C=O) groups is 3. The molecular weight excluding hydrogens is 467 g/mol. The van der Waals surface area contributed by atoms with Crippen LogP contribution in [0.15, 0.2) is 30.3 Å². The van der Waals surface area contributed by atoms with Crippen LogP contribution in [0.1, 0.15) is 23.0 Å². The van der Waals surface area contributed by atoms with Crippen LogP contribution in [0.4, 0.5) is 19.3 Å². The number of hydrogen-bond acceptors (Lipinski definition) is 4. The SMILES string of the molecule is NC(=O)NCCNC(=O)[C@H](N)[C@H](c1ccc(F)c(Cl)c1)C1C(=O)Nc2cc(Cl)c(F)cc21. The zero-order chi connectivity index (χ0) is 23.6. The number of benzene rings is 2. The van der Waals surface area contributed by atoms with E-state index in [4.69, 9.17) is 34.7 Å². The molecule has 0 radical (unpaired) electrons. The van der Waals surface area contributed by atoms with Crippen molar-refractivity contribution in [2.75, 3.05) is 18.4 Å². The van der Waals surface area contributed by atoms with Gasteiger partial charge in [0.2, 0.25) is 11.8 Å². The Morgan fingerprint density at radius 2 is 1.72 bits per heavy atom. The van der Waals surface area contributed by atoms with Crippen LogP contribution in [0.5, 0.6) is 0 Å². The van der Waals surface area contributed by atoms with Gasteiger partial charge >= 0.3 is 6.03 Å². The van der Waals surface area contributed by atoms with Crippen molar-refractivity contribution in [3.05, 3.63) is 63.1 Å². The summed E-state index contributed by atoms with van der Waals surface area (Å²) in [6.45, 7) is 0.0708. The van der Waals surface area contributed by atoms with Gasteiger partial charge in [-0.25, -0.2) is 13.6 Å². The summed E-state index contributed by atoms with van der Waals surface area (Å²) < 4.78 is 27.9. The van der Waals surface area contributed by atoms with E-state index in [2.05, 4.69) is 16.0 Å². The van der Waals surface area contributed by atoms with E-state index in [9.17, 15) is 23.2 Å². The molecule has 4 amide bonds. The highest BCUT2D eigenvalue weighted by molar-refractivity contribution is 6.31. The maximum Gasteiger partial charge on any atom is 0.312 e. The fraction of sp³-hybridized carbons (Fsp3) is 0.250. The second-order valence-corrected chi connectivity index (χ2v) is 7.94. The van der Waals surface area contributed by atoms with Crippen LogP contribution in [0.2, 0.25) is 10.0 Å². The maximum atomic E-state index is 14.2. The first-order valence-corrected chi connectivity index (χ1v) is 10.2. The van der Waals surface area contributed by atoms with Gasteiger partial charge < -0.3 is 27.4 Å². The number of primary amides is 1. The number of fused-ring (bicyclic) bond motifs is 1. The molecule has 0 aromatic heterocycles. The number of carbonyl (C=O) groups excluding carboxylic acids is 3. The fourth-order valence-electron chi connectivity index (χ4n) is 3.62. The monoisotopic (exact) mass is 485 g/mol. The van der Waals surface area contributed by atoms with E-state index in [-0.39, 0.29) is 34.4 Å². The van der Waals surface area contributed by atoms with Crippen molar-refractivity contribution in [1.29, 1.82) is 0 Å². The number of anilines is 1. The fourth-order valence-corrected chi connectivity index (χ4v) is 3.97. The Morgan fingerprint density at radius 3 is 2.38 bits per heavy atom. The third-order valence-corrected chi connectivity index (χ3v) is 5.65. The van der Waals surface area contributed by atoms with Crippen LogP contribution in [-0.2, 0) is 9.59 Å². The molecule has 32 heavy (non-hydrogen) atoms. The van der Waals surface area contributed by atoms with Gasteiger partial charge in [0.25, 0.3) is 0 Å². The molecule has 0 fully saturated rings. The summed E-state index contributed by atoms with van der Waals surface area (Å²) in [5.41, 5.74) is 12.0. The van der Waals surface area contributed by atoms with E-state index in [1.54, 1.807) is 0 Å². The van der Waals surface area contributed by atoms with Crippen molar-refractivity contribution < 1.29 is 23.2 Å². The molecular formula is C20H19Cl2F2N5O3. The molecule has 0 saturated carbocycles. The van der Waals surface area contributed by atoms with Crippen molar-refractivity contribution in [3.63, 3.8) is 0 Å². The minimum Gasteiger partial charge on any atom is -0.353 e. The zero-order valence-electron chi connectivity index (χ0n) is 16.4. The lowest BCUT2D eigenvalue weighted by molar-refractivity contribution is -0.123. The second-order valence-electron chi connectivity index (χ2n) is 7.13. The number of nitrogens with two attached hydrogens (primary N) is 2. The second kappa shape index (κ2) is 9.68. The van der Waals surface area contributed by atoms with E-state index in [0.29, 0.717) is 5.56 Å². The third-order valence-electron chi connectivity index (χ3n) is 5.07. The highest BCUT2D eigenvalue weighted by Gasteiger charge is 2.43. The van der Waals surface area contributed by atoms with Crippen molar-refractivity contribution >= 4 is 46.7 Å². The third kappa shape index (κ3) is 4.93. The molecule has 8 nitrogen and oxygen atoms in total. The number of rotatable bonds is 7. The van der Waals surface area contributed by atoms with E-state index >= 15 is 0 Å². The Kier molecular flexibility index (Phi) is 7.17. The van der Waals surface area contributed by atoms with Crippen LogP contribution >= 0.6 is 23.2 Å². The number of nitrogens with one attached hydrogen (secondary N) is 3. The lowest BCUT2D eigenvalue weighted by Crippen LogP contribution is -2.48. The van der Waals surface area contributed by atoms with E-state index in [0.717, 1.165) is 12.1 Å². The predicted molar refractivity (Wildman–Crippen MR) is 116 cm³/mol. The first kappa shape index (κ1) is 23.7. The van der Waals surface area contributed by atoms with Gasteiger partial charge in [-0.2, -0.15) is 0 Å². The standard InChI is InChI=1S/C20H19Cl2F2N5O3/c21-10-5-8(1-2-12(10)23)15(17(25)19(31)27-3-4-28-20(26)32)16-9-6-13(24)11(22)7-14(9)29-18(16)30/h1-2,5-7,15-17H,3-4,25H2,(H,27,31)(H,29,30)(H3,26,28,32)/t15-,16?,17-/m1/s1. The van der Waals surface area contributed by atoms with Gasteiger partial charge in [0, 0.05) is 24.7 Å². The van der Waals surface area contributed by atoms with Crippen molar-refractivity contribution in [2.45, 2.75) is 17.9 Å². The summed E-state index contributed by atoms with van der Waals surface area (Å²) in [4.78, 5) is 36.3. The largest absolute Gasteiger partial charge is 0.353 e. The maximum absolute atomic E-state index is 14.2. The summed E-state index contributed by atoms with van der Waals surface area (Å²) >= 11 is 11.7. The Balaban J connectivity index is 1.98. The zero-order valence-corrected chi connectivity index (χ0v) is 17.9. The Labute approximate surface area is 191 Å². The molecule has 1 aliphatic rings. The van der Waals surface area contributed by atoms with Crippen LogP contribution < -0.4 is 27.4 Å². The van der Waals surface area contributed by atoms with Gasteiger partial charge in [-0.1, -0.05) is 29.3 Å². The van der Waals surface area contributed by atoms with Gasteiger partial charge in [0.1, 0.15) is 11.6 Å². The van der Waals surface area contributed by atoms with Crippen LogP contribution in [0, 0.1) is 11.6 Å². The van der Waals surface area contributed by atoms with E-state index in [1.807, 2.05) is 0 Å². The van der Waals surface area contributed by atoms with Crippen LogP contribution in [-0.4, -0.2) is 37.0 Å². The lowest BCUT2D eigenvalue weighted by Gasteiger charge is -2.28. The van der Waals surface area contributed by atoms with E-state index in [1.165, 1.54) is 18.2 Å². The molecule has 7 N–H and O–H groups in total. The topological polar surface area (TPSA) is 139 Å². The van der Waals surface area contributed by atoms with E-state index < -0.39 is 47.4 Å². The van der Waals surface area contributed by atoms with Crippen LogP contribution in [0.3, 0.4) is 0 Å². The highest BCUT2D eigenvalue weighted by Crippen LogP contribution is 2.45. The summed E-state index contributed by atoms with van der Waals surface area (Å²) in [7, 11) is 0. The molecule has 12 heteroatoms. The molecule has 1 heterocycles. The quantitative estimate of drug-likeness (QED) is 0.383. The molecule has 1 unspecified atom stereocenters. The highest BCUT2D eigenvalue weighted by atomic mass is 35.5. The summed E-state index contributed by atoms with van der Waals surface area (Å²) in [6.07, 6.45) is 0. The molecule has 2 aromatic rings. The minimum atomic E-state index is -1.31. The molecule has 0 saturated heterocycles. The average molecular weight is 486 g/mol. The molecule has 1 aliphatic heterocycles. The molecule has 170 valence electrons. The molecule has 0 aliphatic carbocycles. The minimum absolute atomic E-state index is 0.0179. The van der Waals surface area contributed by atoms with Gasteiger partial charge in [0.15, 0.2) is 0 Å². The normalized spacial score (nSPS) is 16.7. The van der Waals surface area contributed by atoms with Gasteiger partial charge in [-0.05, 0) is 35.4 Å². The van der Waals surface area contributed by atoms with Gasteiger partial charge in [-0.15, -0.1) is 0 Å². The summed E-state index contributed by atoms with van der Waals surface area (Å²) in [5.74, 6) is -4.75. The average Bonchev–Trinajstić information content (AvgIpc) is 3.03. The van der Waals surface area contributed by atoms with Crippen molar-refractivity contribution in [3.8, 4) is 0 Å². The number of hydrogen-bond donors (Lipinski definition) is 5. The van der Waals surface area contributed by atoms with Crippen molar-refractivity contribution in [2.24, 2.45) is 11.5 Å². The smallest absolute Gasteiger partial charge is 0.312 e. The first-order chi connectivity index (χ1) is 15.1. The molecule has 3 rings (SSSR count). The summed E-state index contributed by atoms with van der Waals surface area (Å²) in [5, 5.41) is 7.03. The molecule has 0 spiro atoms. The van der Waals surface area contributed by atoms with Crippen molar-refractivity contribution in [1.82, 2.24) is 10.6 Å². The lowest BCUT2D eigenvalue weighted by atomic mass is 9.77. The van der Waals surface area contributed by atoms with Crippen LogP contribution in [0.25, 0.3) is 0 Å². The predicted octanol–water partition coefficient (Wildman–Crippen LogP) is 2.20. The van der Waals surface area contributed by atoms with Gasteiger partial charge in [-0.3, -0.25) is 9.59 Å². The number of amides is 4. The molecule has 3 atom stereocenters. The first-order valence-electron chi connectivity index (χ1n) is 9.41.